The molecule has 198 valence electrons. The predicted octanol–water partition coefficient (Wildman–Crippen LogP) is 0.639. The molecule has 2 aromatic rings. The van der Waals surface area contributed by atoms with Gasteiger partial charge in [-0.2, -0.15) is 0 Å². The third-order valence-electron chi connectivity index (χ3n) is 5.25. The fourth-order valence-corrected chi connectivity index (χ4v) is 4.25. The van der Waals surface area contributed by atoms with Crippen molar-refractivity contribution in [2.75, 3.05) is 31.9 Å². The highest BCUT2D eigenvalue weighted by atomic mass is 32.2. The van der Waals surface area contributed by atoms with Gasteiger partial charge in [0, 0.05) is 11.3 Å². The van der Waals surface area contributed by atoms with E-state index in [-0.39, 0.29) is 23.8 Å². The second-order valence-electron chi connectivity index (χ2n) is 7.76. The number of ether oxygens (including phenoxy) is 3. The van der Waals surface area contributed by atoms with E-state index in [1.165, 1.54) is 26.4 Å². The van der Waals surface area contributed by atoms with Crippen molar-refractivity contribution in [3.8, 4) is 11.5 Å². The lowest BCUT2D eigenvalue weighted by Gasteiger charge is -2.35. The van der Waals surface area contributed by atoms with Crippen LogP contribution in [-0.4, -0.2) is 68.0 Å². The van der Waals surface area contributed by atoms with Gasteiger partial charge in [0.05, 0.1) is 38.3 Å². The summed E-state index contributed by atoms with van der Waals surface area (Å²) in [5.41, 5.74) is 6.60. The van der Waals surface area contributed by atoms with Gasteiger partial charge in [0.25, 0.3) is 5.91 Å². The molecule has 0 bridgehead atoms. The van der Waals surface area contributed by atoms with Gasteiger partial charge >= 0.3 is 5.97 Å². The van der Waals surface area contributed by atoms with Crippen LogP contribution in [0.3, 0.4) is 0 Å². The molecule has 3 unspecified atom stereocenters. The molecule has 3 atom stereocenters. The molecule has 12 nitrogen and oxygen atoms in total. The highest BCUT2D eigenvalue weighted by Gasteiger charge is 2.35. The zero-order valence-corrected chi connectivity index (χ0v) is 21.3. The number of methoxy groups -OCH3 is 2. The Labute approximate surface area is 218 Å². The van der Waals surface area contributed by atoms with E-state index < -0.39 is 35.5 Å². The number of thioether (sulfide) groups is 1. The number of anilines is 1. The maximum Gasteiger partial charge on any atom is 0.338 e. The van der Waals surface area contributed by atoms with Gasteiger partial charge in [-0.25, -0.2) is 4.79 Å². The van der Waals surface area contributed by atoms with Crippen molar-refractivity contribution in [1.29, 1.82) is 0 Å². The second-order valence-corrected chi connectivity index (χ2v) is 8.85. The zero-order chi connectivity index (χ0) is 26.9. The molecular weight excluding hydrogens is 502 g/mol. The fourth-order valence-electron chi connectivity index (χ4n) is 3.40. The van der Waals surface area contributed by atoms with E-state index in [4.69, 9.17) is 19.9 Å². The minimum Gasteiger partial charge on any atom is -0.493 e. The Kier molecular flexibility index (Phi) is 9.71. The minimum absolute atomic E-state index is 0.00691. The normalized spacial score (nSPS) is 18.8. The summed E-state index contributed by atoms with van der Waals surface area (Å²) < 4.78 is 15.3. The summed E-state index contributed by atoms with van der Waals surface area (Å²) in [6.07, 6.45) is -0.895. The maximum atomic E-state index is 12.7. The molecule has 3 amide bonds. The van der Waals surface area contributed by atoms with Gasteiger partial charge < -0.3 is 35.9 Å². The van der Waals surface area contributed by atoms with Crippen molar-refractivity contribution in [3.63, 3.8) is 0 Å². The summed E-state index contributed by atoms with van der Waals surface area (Å²) in [4.78, 5) is 49.4. The van der Waals surface area contributed by atoms with Crippen LogP contribution < -0.4 is 36.5 Å². The first-order chi connectivity index (χ1) is 17.7. The van der Waals surface area contributed by atoms with Crippen LogP contribution in [0.15, 0.2) is 42.5 Å². The van der Waals surface area contributed by atoms with Gasteiger partial charge in [0.2, 0.25) is 11.8 Å². The summed E-state index contributed by atoms with van der Waals surface area (Å²) in [6, 6.07) is 9.88. The van der Waals surface area contributed by atoms with E-state index in [0.29, 0.717) is 22.7 Å². The van der Waals surface area contributed by atoms with Crippen LogP contribution in [0, 0.1) is 0 Å². The summed E-state index contributed by atoms with van der Waals surface area (Å²) in [7, 11) is 2.94. The molecule has 0 spiro atoms. The van der Waals surface area contributed by atoms with Gasteiger partial charge in [-0.1, -0.05) is 0 Å². The smallest absolute Gasteiger partial charge is 0.338 e. The lowest BCUT2D eigenvalue weighted by Crippen LogP contribution is -2.70. The van der Waals surface area contributed by atoms with Crippen LogP contribution in [0.5, 0.6) is 11.5 Å². The molecule has 1 heterocycles. The molecule has 37 heavy (non-hydrogen) atoms. The SMILES string of the molecule is CCOC(=O)c1ccc(NC(=O)CSC2NC(=O)C(NC(=O)c3ccc(OC)c(OC)c3)C(N)N2)cc1. The second kappa shape index (κ2) is 12.9. The van der Waals surface area contributed by atoms with Gasteiger partial charge in [-0.3, -0.25) is 19.7 Å². The molecule has 0 saturated carbocycles. The molecule has 0 radical (unpaired) electrons. The number of amides is 3. The standard InChI is InChI=1S/C24H29N5O7S/c1-4-36-23(33)13-5-8-15(9-6-13)26-18(30)12-37-24-28-20(25)19(22(32)29-24)27-21(31)14-7-10-16(34-2)17(11-14)35-3/h5-11,19-20,24,28H,4,12,25H2,1-3H3,(H,26,30)(H,27,31)(H,29,32). The average Bonchev–Trinajstić information content (AvgIpc) is 2.89. The van der Waals surface area contributed by atoms with Crippen molar-refractivity contribution in [2.24, 2.45) is 5.73 Å². The molecule has 6 N–H and O–H groups in total. The van der Waals surface area contributed by atoms with Crippen LogP contribution in [-0.2, 0) is 14.3 Å². The van der Waals surface area contributed by atoms with E-state index in [1.807, 2.05) is 0 Å². The molecule has 1 aliphatic heterocycles. The van der Waals surface area contributed by atoms with Crippen LogP contribution in [0.4, 0.5) is 5.69 Å². The van der Waals surface area contributed by atoms with E-state index in [1.54, 1.807) is 37.3 Å². The van der Waals surface area contributed by atoms with Gasteiger partial charge in [-0.15, -0.1) is 11.8 Å². The van der Waals surface area contributed by atoms with Crippen molar-refractivity contribution < 1.29 is 33.4 Å². The third-order valence-corrected chi connectivity index (χ3v) is 6.27. The molecule has 2 aromatic carbocycles. The van der Waals surface area contributed by atoms with Gasteiger partial charge in [-0.05, 0) is 49.4 Å². The Balaban J connectivity index is 1.49. The van der Waals surface area contributed by atoms with Crippen molar-refractivity contribution in [1.82, 2.24) is 16.0 Å². The van der Waals surface area contributed by atoms with E-state index >= 15 is 0 Å². The number of hydrogen-bond acceptors (Lipinski definition) is 10. The summed E-state index contributed by atoms with van der Waals surface area (Å²) in [5, 5.41) is 11.0. The monoisotopic (exact) mass is 531 g/mol. The first kappa shape index (κ1) is 27.8. The molecule has 1 aliphatic rings. The van der Waals surface area contributed by atoms with Crippen LogP contribution in [0.2, 0.25) is 0 Å². The lowest BCUT2D eigenvalue weighted by atomic mass is 10.1. The number of carbonyl (C=O) groups is 4. The van der Waals surface area contributed by atoms with Gasteiger partial charge in [0.1, 0.15) is 11.5 Å². The highest BCUT2D eigenvalue weighted by molar-refractivity contribution is 8.00. The van der Waals surface area contributed by atoms with E-state index in [0.717, 1.165) is 11.8 Å². The Bertz CT molecular complexity index is 1140. The number of nitrogens with two attached hydrogens (primary N) is 1. The summed E-state index contributed by atoms with van der Waals surface area (Å²) in [5.74, 6) is -0.925. The first-order valence-electron chi connectivity index (χ1n) is 11.3. The van der Waals surface area contributed by atoms with Gasteiger partial charge in [0.15, 0.2) is 11.5 Å². The Morgan fingerprint density at radius 2 is 1.70 bits per heavy atom. The molecule has 0 aliphatic carbocycles. The number of esters is 1. The van der Waals surface area contributed by atoms with Crippen LogP contribution in [0.25, 0.3) is 0 Å². The van der Waals surface area contributed by atoms with Crippen LogP contribution in [0.1, 0.15) is 27.6 Å². The topological polar surface area (TPSA) is 170 Å². The quantitative estimate of drug-likeness (QED) is 0.274. The van der Waals surface area contributed by atoms with Crippen molar-refractivity contribution in [3.05, 3.63) is 53.6 Å². The number of hydrogen-bond donors (Lipinski definition) is 5. The zero-order valence-electron chi connectivity index (χ0n) is 20.5. The molecule has 13 heteroatoms. The average molecular weight is 532 g/mol. The Morgan fingerprint density at radius 1 is 1.03 bits per heavy atom. The molecule has 0 aromatic heterocycles. The fraction of sp³-hybridized carbons (Fsp3) is 0.333. The van der Waals surface area contributed by atoms with Crippen LogP contribution >= 0.6 is 11.8 Å². The minimum atomic E-state index is -1.04. The highest BCUT2D eigenvalue weighted by Crippen LogP contribution is 2.27. The molecule has 1 fully saturated rings. The largest absolute Gasteiger partial charge is 0.493 e. The summed E-state index contributed by atoms with van der Waals surface area (Å²) in [6.45, 7) is 1.99. The van der Waals surface area contributed by atoms with Crippen molar-refractivity contribution >= 4 is 41.1 Å². The lowest BCUT2D eigenvalue weighted by molar-refractivity contribution is -0.125. The van der Waals surface area contributed by atoms with E-state index in [9.17, 15) is 19.2 Å². The Hall–Kier alpha value is -3.81. The number of carbonyl (C=O) groups excluding carboxylic acids is 4. The summed E-state index contributed by atoms with van der Waals surface area (Å²) >= 11 is 1.12. The predicted molar refractivity (Wildman–Crippen MR) is 137 cm³/mol. The van der Waals surface area contributed by atoms with Crippen molar-refractivity contribution in [2.45, 2.75) is 24.6 Å². The number of nitrogens with one attached hydrogen (secondary N) is 4. The maximum absolute atomic E-state index is 12.7. The first-order valence-corrected chi connectivity index (χ1v) is 12.3. The number of rotatable bonds is 10. The molecular formula is C24H29N5O7S. The Morgan fingerprint density at radius 3 is 2.32 bits per heavy atom. The third kappa shape index (κ3) is 7.35. The van der Waals surface area contributed by atoms with E-state index in [2.05, 4.69) is 21.3 Å². The molecule has 1 saturated heterocycles. The number of benzene rings is 2. The molecule has 3 rings (SSSR count).